The molecule has 1 aromatic heterocycles. The SMILES string of the molecule is CC(=O)NCCCCCC(=O)NCc1cccc(-c2cccc([C@H]3O[C@@H](CSc4cccc[n+]4[O-])[C@@H](C)[C@@H](c4ccc(CO)cc4)O3)c2)c1. The lowest BCUT2D eigenvalue weighted by Crippen LogP contribution is -2.39. The van der Waals surface area contributed by atoms with Crippen molar-refractivity contribution in [1.82, 2.24) is 10.6 Å². The second kappa shape index (κ2) is 18.0. The second-order valence-corrected chi connectivity index (χ2v) is 13.4. The Morgan fingerprint density at radius 1 is 0.857 bits per heavy atom. The first-order valence-electron chi connectivity index (χ1n) is 16.8. The molecule has 49 heavy (non-hydrogen) atoms. The number of amides is 2. The third kappa shape index (κ3) is 10.4. The number of pyridine rings is 1. The number of hydrogen-bond acceptors (Lipinski definition) is 7. The van der Waals surface area contributed by atoms with Crippen LogP contribution in [0.1, 0.15) is 74.2 Å². The minimum atomic E-state index is -0.639. The average Bonchev–Trinajstić information content (AvgIpc) is 3.12. The Morgan fingerprint density at radius 2 is 1.63 bits per heavy atom. The summed E-state index contributed by atoms with van der Waals surface area (Å²) in [6.45, 7) is 4.66. The lowest BCUT2D eigenvalue weighted by molar-refractivity contribution is -0.645. The van der Waals surface area contributed by atoms with Gasteiger partial charge in [0.2, 0.25) is 11.8 Å². The van der Waals surface area contributed by atoms with Crippen molar-refractivity contribution in [3.05, 3.63) is 125 Å². The van der Waals surface area contributed by atoms with Gasteiger partial charge in [0.15, 0.2) is 12.5 Å². The van der Waals surface area contributed by atoms with Crippen LogP contribution in [0.4, 0.5) is 0 Å². The van der Waals surface area contributed by atoms with Crippen LogP contribution in [0.15, 0.2) is 102 Å². The standard InChI is InChI=1S/C39H45N3O6S/c1-27-35(26-49-37-15-5-7-21-42(37)46)47-39(48-38(27)31-18-16-29(25-43)17-19-31)34-13-9-12-33(23-34)32-11-8-10-30(22-32)24-41-36(45)14-4-3-6-20-40-28(2)44/h5,7-13,15-19,21-23,27,35,38-39,43H,3-4,6,14,20,24-26H2,1-2H3,(H,40,44)(H,41,45)/t27-,35+,38+,39+/m1/s1. The second-order valence-electron chi connectivity index (χ2n) is 12.4. The highest BCUT2D eigenvalue weighted by Crippen LogP contribution is 2.43. The number of rotatable bonds is 15. The minimum absolute atomic E-state index is 0.00801. The Hall–Kier alpha value is -4.22. The molecule has 0 bridgehead atoms. The van der Waals surface area contributed by atoms with E-state index < -0.39 is 6.29 Å². The minimum Gasteiger partial charge on any atom is -0.618 e. The number of hydrogen-bond donors (Lipinski definition) is 3. The van der Waals surface area contributed by atoms with E-state index in [0.29, 0.717) is 30.3 Å². The molecule has 0 spiro atoms. The third-order valence-electron chi connectivity index (χ3n) is 8.67. The molecule has 3 N–H and O–H groups in total. The van der Waals surface area contributed by atoms with Crippen LogP contribution in [0.2, 0.25) is 0 Å². The lowest BCUT2D eigenvalue weighted by Gasteiger charge is -2.41. The van der Waals surface area contributed by atoms with Gasteiger partial charge in [-0.2, -0.15) is 4.73 Å². The van der Waals surface area contributed by atoms with Gasteiger partial charge in [-0.25, -0.2) is 0 Å². The fourth-order valence-corrected chi connectivity index (χ4v) is 6.95. The van der Waals surface area contributed by atoms with Gasteiger partial charge in [-0.15, -0.1) is 0 Å². The van der Waals surface area contributed by atoms with E-state index in [0.717, 1.165) is 57.4 Å². The van der Waals surface area contributed by atoms with Gasteiger partial charge >= 0.3 is 0 Å². The zero-order valence-corrected chi connectivity index (χ0v) is 28.9. The van der Waals surface area contributed by atoms with Crippen LogP contribution >= 0.6 is 11.8 Å². The molecule has 4 atom stereocenters. The van der Waals surface area contributed by atoms with Gasteiger partial charge in [-0.1, -0.05) is 85.8 Å². The molecule has 4 aromatic rings. The molecule has 2 amide bonds. The molecule has 0 radical (unpaired) electrons. The van der Waals surface area contributed by atoms with E-state index in [-0.39, 0.29) is 36.5 Å². The molecular formula is C39H45N3O6S. The van der Waals surface area contributed by atoms with Crippen molar-refractivity contribution >= 4 is 23.6 Å². The molecule has 258 valence electrons. The molecule has 1 fully saturated rings. The van der Waals surface area contributed by atoms with E-state index in [1.165, 1.54) is 24.9 Å². The summed E-state index contributed by atoms with van der Waals surface area (Å²) in [7, 11) is 0. The van der Waals surface area contributed by atoms with Crippen molar-refractivity contribution in [2.45, 2.75) is 76.2 Å². The Balaban J connectivity index is 1.27. The number of ether oxygens (including phenoxy) is 2. The van der Waals surface area contributed by atoms with E-state index in [2.05, 4.69) is 35.8 Å². The summed E-state index contributed by atoms with van der Waals surface area (Å²) in [5.74, 6) is 0.544. The van der Waals surface area contributed by atoms with Crippen molar-refractivity contribution in [2.24, 2.45) is 5.92 Å². The molecule has 1 aliphatic rings. The maximum atomic E-state index is 12.4. The van der Waals surface area contributed by atoms with Crippen LogP contribution < -0.4 is 15.4 Å². The summed E-state index contributed by atoms with van der Waals surface area (Å²) in [5.41, 5.74) is 5.74. The number of aliphatic hydroxyl groups is 1. The summed E-state index contributed by atoms with van der Waals surface area (Å²) in [5, 5.41) is 28.3. The van der Waals surface area contributed by atoms with Crippen LogP contribution in [-0.2, 0) is 32.2 Å². The number of nitrogens with one attached hydrogen (secondary N) is 2. The lowest BCUT2D eigenvalue weighted by atomic mass is 9.91. The maximum Gasteiger partial charge on any atom is 0.251 e. The molecule has 10 heteroatoms. The van der Waals surface area contributed by atoms with E-state index in [1.54, 1.807) is 6.07 Å². The molecule has 0 aliphatic carbocycles. The zero-order valence-electron chi connectivity index (χ0n) is 28.0. The van der Waals surface area contributed by atoms with E-state index in [1.807, 2.05) is 66.7 Å². The first kappa shape index (κ1) is 36.1. The third-order valence-corrected chi connectivity index (χ3v) is 9.78. The van der Waals surface area contributed by atoms with Gasteiger partial charge in [0.25, 0.3) is 5.03 Å². The largest absolute Gasteiger partial charge is 0.618 e. The molecule has 5 rings (SSSR count). The Kier molecular flexibility index (Phi) is 13.2. The molecule has 0 unspecified atom stereocenters. The fourth-order valence-electron chi connectivity index (χ4n) is 5.87. The number of aromatic nitrogens is 1. The van der Waals surface area contributed by atoms with E-state index in [9.17, 15) is 19.9 Å². The van der Waals surface area contributed by atoms with Crippen LogP contribution in [0.5, 0.6) is 0 Å². The Bertz CT molecular complexity index is 1680. The zero-order chi connectivity index (χ0) is 34.6. The first-order valence-corrected chi connectivity index (χ1v) is 17.8. The van der Waals surface area contributed by atoms with Gasteiger partial charge < -0.3 is 30.4 Å². The van der Waals surface area contributed by atoms with Crippen LogP contribution in [-0.4, -0.2) is 35.3 Å². The number of carbonyl (C=O) groups is 2. The van der Waals surface area contributed by atoms with Crippen molar-refractivity contribution in [3.63, 3.8) is 0 Å². The van der Waals surface area contributed by atoms with Gasteiger partial charge in [0.05, 0.1) is 18.8 Å². The van der Waals surface area contributed by atoms with Crippen LogP contribution in [0.25, 0.3) is 11.1 Å². The number of unbranched alkanes of at least 4 members (excludes halogenated alkanes) is 2. The first-order chi connectivity index (χ1) is 23.8. The van der Waals surface area contributed by atoms with E-state index in [4.69, 9.17) is 9.47 Å². The number of nitrogens with zero attached hydrogens (tertiary/aromatic N) is 1. The summed E-state index contributed by atoms with van der Waals surface area (Å²) < 4.78 is 14.2. The average molecular weight is 684 g/mol. The molecule has 1 saturated heterocycles. The van der Waals surface area contributed by atoms with Crippen molar-refractivity contribution < 1.29 is 28.9 Å². The van der Waals surface area contributed by atoms with Crippen molar-refractivity contribution in [1.29, 1.82) is 0 Å². The van der Waals surface area contributed by atoms with Crippen molar-refractivity contribution in [3.8, 4) is 11.1 Å². The van der Waals surface area contributed by atoms with E-state index >= 15 is 0 Å². The normalized spacial score (nSPS) is 18.9. The van der Waals surface area contributed by atoms with Crippen LogP contribution in [0.3, 0.4) is 0 Å². The molecule has 1 aliphatic heterocycles. The quantitative estimate of drug-likeness (QED) is 0.0576. The highest BCUT2D eigenvalue weighted by molar-refractivity contribution is 7.99. The molecule has 0 saturated carbocycles. The fraction of sp³-hybridized carbons (Fsp3) is 0.359. The highest BCUT2D eigenvalue weighted by atomic mass is 32.2. The topological polar surface area (TPSA) is 124 Å². The smallest absolute Gasteiger partial charge is 0.251 e. The predicted octanol–water partition coefficient (Wildman–Crippen LogP) is 6.38. The maximum absolute atomic E-state index is 12.4. The number of thioether (sulfide) groups is 1. The number of aliphatic hydroxyl groups excluding tert-OH is 1. The van der Waals surface area contributed by atoms with Gasteiger partial charge in [-0.05, 0) is 58.9 Å². The Morgan fingerprint density at radius 3 is 2.39 bits per heavy atom. The summed E-state index contributed by atoms with van der Waals surface area (Å²) in [6.07, 6.45) is 3.37. The summed E-state index contributed by atoms with van der Waals surface area (Å²) in [6, 6.07) is 29.5. The number of carbonyl (C=O) groups excluding carboxylic acids is 2. The van der Waals surface area contributed by atoms with Gasteiger partial charge in [0, 0.05) is 55.8 Å². The summed E-state index contributed by atoms with van der Waals surface area (Å²) in [4.78, 5) is 23.4. The number of benzene rings is 3. The highest BCUT2D eigenvalue weighted by Gasteiger charge is 2.38. The van der Waals surface area contributed by atoms with Gasteiger partial charge in [0.1, 0.15) is 0 Å². The van der Waals surface area contributed by atoms with Crippen molar-refractivity contribution in [2.75, 3.05) is 12.3 Å². The molecule has 3 aromatic carbocycles. The molecular weight excluding hydrogens is 639 g/mol. The molecule has 2 heterocycles. The monoisotopic (exact) mass is 683 g/mol. The van der Waals surface area contributed by atoms with Gasteiger partial charge in [-0.3, -0.25) is 9.59 Å². The van der Waals surface area contributed by atoms with Crippen LogP contribution in [0, 0.1) is 11.1 Å². The predicted molar refractivity (Wildman–Crippen MR) is 190 cm³/mol. The molecule has 9 nitrogen and oxygen atoms in total. The Labute approximate surface area is 292 Å². The summed E-state index contributed by atoms with van der Waals surface area (Å²) >= 11 is 1.47.